The van der Waals surface area contributed by atoms with E-state index in [-0.39, 0.29) is 12.4 Å². The number of quaternary nitrogens is 1. The maximum absolute atomic E-state index is 13.1. The van der Waals surface area contributed by atoms with Crippen molar-refractivity contribution in [3.05, 3.63) is 83.4 Å². The molecule has 4 rings (SSSR count). The molecular weight excluding hydrogens is 443 g/mol. The molecule has 1 aliphatic carbocycles. The molecule has 0 saturated heterocycles. The Morgan fingerprint density at radius 1 is 1.00 bits per heavy atom. The Morgan fingerprint density at radius 3 is 2.47 bits per heavy atom. The number of hydrogen-bond donors (Lipinski definition) is 2. The SMILES string of the molecule is [Cl-].[NH3+]C1(C(=O)O)CCc2ccc(Oc3ccccc3-c3cccc(C(F)(F)F)c3)cc2C1. The van der Waals surface area contributed by atoms with E-state index >= 15 is 0 Å². The number of rotatable bonds is 4. The van der Waals surface area contributed by atoms with Crippen LogP contribution in [0.3, 0.4) is 0 Å². The highest BCUT2D eigenvalue weighted by Gasteiger charge is 2.41. The number of carboxylic acid groups (broad SMARTS) is 1. The number of carbonyl (C=O) groups is 1. The number of alkyl halides is 3. The van der Waals surface area contributed by atoms with Crippen molar-refractivity contribution in [2.75, 3.05) is 0 Å². The van der Waals surface area contributed by atoms with Crippen LogP contribution < -0.4 is 22.9 Å². The molecule has 0 bridgehead atoms. The monoisotopic (exact) mass is 463 g/mol. The molecule has 4 N–H and O–H groups in total. The summed E-state index contributed by atoms with van der Waals surface area (Å²) in [5.74, 6) is -0.0242. The van der Waals surface area contributed by atoms with Crippen molar-refractivity contribution in [1.29, 1.82) is 0 Å². The van der Waals surface area contributed by atoms with Gasteiger partial charge in [-0.1, -0.05) is 36.4 Å². The summed E-state index contributed by atoms with van der Waals surface area (Å²) < 4.78 is 45.4. The summed E-state index contributed by atoms with van der Waals surface area (Å²) in [7, 11) is 0. The Morgan fingerprint density at radius 2 is 1.75 bits per heavy atom. The Kier molecular flexibility index (Phi) is 6.53. The molecule has 0 radical (unpaired) electrons. The fourth-order valence-electron chi connectivity index (χ4n) is 3.87. The predicted molar refractivity (Wildman–Crippen MR) is 109 cm³/mol. The molecule has 0 aromatic heterocycles. The van der Waals surface area contributed by atoms with Gasteiger partial charge < -0.3 is 28.0 Å². The lowest BCUT2D eigenvalue weighted by Gasteiger charge is -2.28. The first-order chi connectivity index (χ1) is 14.7. The lowest BCUT2D eigenvalue weighted by molar-refractivity contribution is -0.464. The van der Waals surface area contributed by atoms with Crippen molar-refractivity contribution in [3.8, 4) is 22.6 Å². The number of benzene rings is 3. The predicted octanol–water partition coefficient (Wildman–Crippen LogP) is 1.72. The quantitative estimate of drug-likeness (QED) is 0.619. The van der Waals surface area contributed by atoms with Gasteiger partial charge in [-0.15, -0.1) is 0 Å². The summed E-state index contributed by atoms with van der Waals surface area (Å²) in [5, 5.41) is 9.50. The van der Waals surface area contributed by atoms with Crippen LogP contribution in [0.1, 0.15) is 23.1 Å². The number of aryl methyl sites for hydroxylation is 1. The smallest absolute Gasteiger partial charge is 0.416 e. The molecule has 0 fully saturated rings. The average Bonchev–Trinajstić information content (AvgIpc) is 2.73. The summed E-state index contributed by atoms with van der Waals surface area (Å²) in [4.78, 5) is 11.6. The van der Waals surface area contributed by atoms with Crippen LogP contribution in [0.2, 0.25) is 0 Å². The first kappa shape index (κ1) is 23.6. The molecule has 1 aliphatic rings. The van der Waals surface area contributed by atoms with Gasteiger partial charge in [0.05, 0.1) is 5.56 Å². The highest BCUT2D eigenvalue weighted by atomic mass is 35.5. The van der Waals surface area contributed by atoms with E-state index in [0.29, 0.717) is 41.9 Å². The third kappa shape index (κ3) is 4.74. The van der Waals surface area contributed by atoms with E-state index in [4.69, 9.17) is 4.74 Å². The van der Waals surface area contributed by atoms with Crippen molar-refractivity contribution >= 4 is 5.97 Å². The van der Waals surface area contributed by atoms with E-state index in [1.807, 2.05) is 6.07 Å². The summed E-state index contributed by atoms with van der Waals surface area (Å²) in [6, 6.07) is 17.5. The number of ether oxygens (including phenoxy) is 1. The van der Waals surface area contributed by atoms with Crippen LogP contribution in [-0.2, 0) is 23.8 Å². The number of carboxylic acids is 1. The van der Waals surface area contributed by atoms with Gasteiger partial charge in [0.15, 0.2) is 5.54 Å². The van der Waals surface area contributed by atoms with Gasteiger partial charge in [0.25, 0.3) is 0 Å². The minimum Gasteiger partial charge on any atom is -1.00 e. The van der Waals surface area contributed by atoms with Gasteiger partial charge in [-0.3, -0.25) is 0 Å². The molecule has 0 aliphatic heterocycles. The molecular formula is C24H21ClF3NO3. The summed E-state index contributed by atoms with van der Waals surface area (Å²) in [6.45, 7) is 0. The van der Waals surface area contributed by atoms with Crippen LogP contribution in [0.25, 0.3) is 11.1 Å². The summed E-state index contributed by atoms with van der Waals surface area (Å²) in [6.07, 6.45) is -3.06. The third-order valence-electron chi connectivity index (χ3n) is 5.65. The molecule has 1 unspecified atom stereocenters. The Balaban J connectivity index is 0.00000289. The van der Waals surface area contributed by atoms with Crippen molar-refractivity contribution < 1.29 is 45.9 Å². The Labute approximate surface area is 189 Å². The highest BCUT2D eigenvalue weighted by Crippen LogP contribution is 2.38. The van der Waals surface area contributed by atoms with Gasteiger partial charge >= 0.3 is 12.1 Å². The van der Waals surface area contributed by atoms with E-state index in [1.54, 1.807) is 42.5 Å². The molecule has 8 heteroatoms. The standard InChI is InChI=1S/C24H20F3NO3.ClH/c25-24(26,27)18-5-3-4-16(12-18)20-6-1-2-7-21(20)31-19-9-8-15-10-11-23(28,22(29)30)14-17(15)13-19;/h1-9,12-13H,10-11,14,28H2,(H,29,30);1H. The van der Waals surface area contributed by atoms with E-state index < -0.39 is 23.2 Å². The second-order valence-electron chi connectivity index (χ2n) is 7.87. The maximum Gasteiger partial charge on any atom is 0.416 e. The number of halogens is 4. The number of fused-ring (bicyclic) bond motifs is 1. The topological polar surface area (TPSA) is 74.2 Å². The minimum atomic E-state index is -4.44. The normalized spacial score (nSPS) is 17.8. The van der Waals surface area contributed by atoms with Gasteiger partial charge in [-0.2, -0.15) is 13.2 Å². The average molecular weight is 464 g/mol. The lowest BCUT2D eigenvalue weighted by atomic mass is 9.78. The third-order valence-corrected chi connectivity index (χ3v) is 5.65. The molecule has 0 amide bonds. The lowest BCUT2D eigenvalue weighted by Crippen LogP contribution is -3.00. The van der Waals surface area contributed by atoms with Crippen molar-refractivity contribution in [3.63, 3.8) is 0 Å². The van der Waals surface area contributed by atoms with Crippen molar-refractivity contribution in [1.82, 2.24) is 0 Å². The second-order valence-corrected chi connectivity index (χ2v) is 7.87. The zero-order valence-electron chi connectivity index (χ0n) is 17.0. The van der Waals surface area contributed by atoms with Crippen LogP contribution in [0, 0.1) is 0 Å². The zero-order valence-corrected chi connectivity index (χ0v) is 17.7. The van der Waals surface area contributed by atoms with Gasteiger partial charge in [-0.25, -0.2) is 4.79 Å². The molecule has 4 nitrogen and oxygen atoms in total. The fraction of sp³-hybridized carbons (Fsp3) is 0.208. The molecule has 0 heterocycles. The molecule has 0 spiro atoms. The molecule has 3 aromatic rings. The van der Waals surface area contributed by atoms with Crippen LogP contribution >= 0.6 is 0 Å². The van der Waals surface area contributed by atoms with E-state index in [2.05, 4.69) is 5.73 Å². The Bertz CT molecular complexity index is 1150. The number of hydrogen-bond acceptors (Lipinski definition) is 2. The Hall–Kier alpha value is -3.03. The highest BCUT2D eigenvalue weighted by molar-refractivity contribution is 5.78. The molecule has 3 aromatic carbocycles. The molecule has 1 atom stereocenters. The minimum absolute atomic E-state index is 0. The van der Waals surface area contributed by atoms with E-state index in [9.17, 15) is 23.1 Å². The van der Waals surface area contributed by atoms with Crippen molar-refractivity contribution in [2.45, 2.75) is 31.0 Å². The van der Waals surface area contributed by atoms with Gasteiger partial charge in [0, 0.05) is 18.4 Å². The largest absolute Gasteiger partial charge is 1.00 e. The van der Waals surface area contributed by atoms with Gasteiger partial charge in [0.2, 0.25) is 0 Å². The number of aliphatic carboxylic acids is 1. The van der Waals surface area contributed by atoms with Crippen LogP contribution in [0.5, 0.6) is 11.5 Å². The molecule has 168 valence electrons. The van der Waals surface area contributed by atoms with Crippen LogP contribution in [-0.4, -0.2) is 16.6 Å². The fourth-order valence-corrected chi connectivity index (χ4v) is 3.87. The molecule has 32 heavy (non-hydrogen) atoms. The van der Waals surface area contributed by atoms with Crippen molar-refractivity contribution in [2.24, 2.45) is 0 Å². The van der Waals surface area contributed by atoms with Gasteiger partial charge in [-0.05, 0) is 53.4 Å². The number of para-hydroxylation sites is 1. The van der Waals surface area contributed by atoms with Crippen LogP contribution in [0.15, 0.2) is 66.7 Å². The molecule has 0 saturated carbocycles. The first-order valence-corrected chi connectivity index (χ1v) is 9.81. The van der Waals surface area contributed by atoms with Gasteiger partial charge in [0.1, 0.15) is 11.5 Å². The second kappa shape index (κ2) is 8.84. The van der Waals surface area contributed by atoms with E-state index in [1.165, 1.54) is 6.07 Å². The van der Waals surface area contributed by atoms with E-state index in [0.717, 1.165) is 23.3 Å². The summed E-state index contributed by atoms with van der Waals surface area (Å²) >= 11 is 0. The zero-order chi connectivity index (χ0) is 22.2. The van der Waals surface area contributed by atoms with Crippen LogP contribution in [0.4, 0.5) is 13.2 Å². The first-order valence-electron chi connectivity index (χ1n) is 9.81. The maximum atomic E-state index is 13.1. The summed E-state index contributed by atoms with van der Waals surface area (Å²) in [5.41, 5.74) is 4.93.